The van der Waals surface area contributed by atoms with E-state index in [0.717, 1.165) is 6.92 Å². The highest BCUT2D eigenvalue weighted by Gasteiger charge is 2.35. The van der Waals surface area contributed by atoms with Crippen LogP contribution in [0.5, 0.6) is 0 Å². The van der Waals surface area contributed by atoms with Crippen LogP contribution in [0.4, 0.5) is 17.6 Å². The van der Waals surface area contributed by atoms with E-state index in [4.69, 9.17) is 0 Å². The van der Waals surface area contributed by atoms with E-state index in [2.05, 4.69) is 6.58 Å². The number of alkyl halides is 4. The van der Waals surface area contributed by atoms with Gasteiger partial charge in [-0.15, -0.1) is 0 Å². The van der Waals surface area contributed by atoms with Crippen LogP contribution in [0.2, 0.25) is 0 Å². The van der Waals surface area contributed by atoms with Crippen LogP contribution in [0.1, 0.15) is 6.92 Å². The van der Waals surface area contributed by atoms with E-state index in [9.17, 15) is 17.6 Å². The van der Waals surface area contributed by atoms with E-state index >= 15 is 0 Å². The number of hydrogen-bond acceptors (Lipinski definition) is 0. The minimum Gasteiger partial charge on any atom is -0.243 e. The van der Waals surface area contributed by atoms with Crippen molar-refractivity contribution in [2.45, 2.75) is 19.3 Å². The predicted molar refractivity (Wildman–Crippen MR) is 25.8 cm³/mol. The molecule has 0 aliphatic carbocycles. The SMILES string of the molecule is C=C(C(C)F)C(F)(F)F. The summed E-state index contributed by atoms with van der Waals surface area (Å²) in [5, 5.41) is 0. The molecule has 0 bridgehead atoms. The van der Waals surface area contributed by atoms with Crippen molar-refractivity contribution in [3.63, 3.8) is 0 Å². The first-order valence-corrected chi connectivity index (χ1v) is 2.25. The zero-order chi connectivity index (χ0) is 7.65. The van der Waals surface area contributed by atoms with Gasteiger partial charge in [0.1, 0.15) is 6.17 Å². The van der Waals surface area contributed by atoms with Gasteiger partial charge >= 0.3 is 6.18 Å². The van der Waals surface area contributed by atoms with Crippen LogP contribution in [-0.4, -0.2) is 12.3 Å². The van der Waals surface area contributed by atoms with Gasteiger partial charge in [-0.05, 0) is 6.92 Å². The van der Waals surface area contributed by atoms with Crippen molar-refractivity contribution in [3.05, 3.63) is 12.2 Å². The summed E-state index contributed by atoms with van der Waals surface area (Å²) in [5.74, 6) is 0. The zero-order valence-electron chi connectivity index (χ0n) is 4.80. The molecule has 0 aliphatic rings. The molecule has 0 saturated carbocycles. The van der Waals surface area contributed by atoms with Gasteiger partial charge in [0.25, 0.3) is 0 Å². The summed E-state index contributed by atoms with van der Waals surface area (Å²) < 4.78 is 45.9. The molecule has 0 saturated heterocycles. The molecule has 0 radical (unpaired) electrons. The normalized spacial score (nSPS) is 15.2. The van der Waals surface area contributed by atoms with Gasteiger partial charge in [-0.25, -0.2) is 4.39 Å². The quantitative estimate of drug-likeness (QED) is 0.389. The van der Waals surface area contributed by atoms with Gasteiger partial charge in [0.15, 0.2) is 0 Å². The molecule has 0 aromatic rings. The van der Waals surface area contributed by atoms with E-state index in [1.807, 2.05) is 0 Å². The number of allylic oxidation sites excluding steroid dienone is 1. The van der Waals surface area contributed by atoms with Crippen molar-refractivity contribution in [1.82, 2.24) is 0 Å². The molecule has 0 rings (SSSR count). The second-order valence-corrected chi connectivity index (χ2v) is 1.64. The van der Waals surface area contributed by atoms with E-state index < -0.39 is 17.9 Å². The molecule has 0 heterocycles. The maximum Gasteiger partial charge on any atom is 0.414 e. The third kappa shape index (κ3) is 2.49. The maximum atomic E-state index is 11.8. The van der Waals surface area contributed by atoms with Gasteiger partial charge in [-0.2, -0.15) is 13.2 Å². The molecule has 0 nitrogen and oxygen atoms in total. The second-order valence-electron chi connectivity index (χ2n) is 1.64. The van der Waals surface area contributed by atoms with Crippen LogP contribution in [-0.2, 0) is 0 Å². The Kier molecular flexibility index (Phi) is 2.23. The molecule has 0 aromatic heterocycles. The van der Waals surface area contributed by atoms with Crippen molar-refractivity contribution in [2.75, 3.05) is 0 Å². The largest absolute Gasteiger partial charge is 0.414 e. The first-order chi connectivity index (χ1) is 3.85. The lowest BCUT2D eigenvalue weighted by atomic mass is 10.2. The van der Waals surface area contributed by atoms with Crippen LogP contribution in [0, 0.1) is 0 Å². The Morgan fingerprint density at radius 1 is 1.44 bits per heavy atom. The molecule has 54 valence electrons. The van der Waals surface area contributed by atoms with Gasteiger partial charge < -0.3 is 0 Å². The van der Waals surface area contributed by atoms with Crippen molar-refractivity contribution in [2.24, 2.45) is 0 Å². The molecule has 0 amide bonds. The molecule has 0 aliphatic heterocycles. The lowest BCUT2D eigenvalue weighted by molar-refractivity contribution is -0.0989. The highest BCUT2D eigenvalue weighted by atomic mass is 19.4. The zero-order valence-corrected chi connectivity index (χ0v) is 4.80. The maximum absolute atomic E-state index is 11.8. The lowest BCUT2D eigenvalue weighted by Crippen LogP contribution is -2.17. The smallest absolute Gasteiger partial charge is 0.243 e. The average molecular weight is 142 g/mol. The number of hydrogen-bond donors (Lipinski definition) is 0. The highest BCUT2D eigenvalue weighted by Crippen LogP contribution is 2.27. The molecule has 4 heteroatoms. The minimum absolute atomic E-state index is 0.801. The molecule has 0 aromatic carbocycles. The molecule has 1 atom stereocenters. The fraction of sp³-hybridized carbons (Fsp3) is 0.600. The van der Waals surface area contributed by atoms with Crippen LogP contribution < -0.4 is 0 Å². The Labute approximate surface area is 50.2 Å². The van der Waals surface area contributed by atoms with Crippen LogP contribution in [0.25, 0.3) is 0 Å². The lowest BCUT2D eigenvalue weighted by Gasteiger charge is -2.09. The average Bonchev–Trinajstić information content (AvgIpc) is 1.62. The van der Waals surface area contributed by atoms with Crippen molar-refractivity contribution >= 4 is 0 Å². The standard InChI is InChI=1S/C5H6F4/c1-3(4(2)6)5(7,8)9/h4H,1H2,2H3. The van der Waals surface area contributed by atoms with E-state index in [1.165, 1.54) is 0 Å². The minimum atomic E-state index is -4.59. The van der Waals surface area contributed by atoms with Gasteiger partial charge in [0.05, 0.1) is 5.57 Å². The monoisotopic (exact) mass is 142 g/mol. The molecule has 1 unspecified atom stereocenters. The van der Waals surface area contributed by atoms with Gasteiger partial charge in [-0.3, -0.25) is 0 Å². The van der Waals surface area contributed by atoms with Gasteiger partial charge in [0, 0.05) is 0 Å². The fourth-order valence-electron chi connectivity index (χ4n) is 0.226. The first-order valence-electron chi connectivity index (χ1n) is 2.25. The Balaban J connectivity index is 4.06. The highest BCUT2D eigenvalue weighted by molar-refractivity contribution is 5.07. The Hall–Kier alpha value is -0.540. The summed E-state index contributed by atoms with van der Waals surface area (Å²) in [6, 6.07) is 0. The molecular weight excluding hydrogens is 136 g/mol. The van der Waals surface area contributed by atoms with Crippen molar-refractivity contribution < 1.29 is 17.6 Å². The molecular formula is C5H6F4. The summed E-state index contributed by atoms with van der Waals surface area (Å²) in [4.78, 5) is 0. The summed E-state index contributed by atoms with van der Waals surface area (Å²) in [6.07, 6.45) is -6.60. The van der Waals surface area contributed by atoms with Crippen molar-refractivity contribution in [1.29, 1.82) is 0 Å². The summed E-state index contributed by atoms with van der Waals surface area (Å²) in [7, 11) is 0. The van der Waals surface area contributed by atoms with E-state index in [0.29, 0.717) is 0 Å². The van der Waals surface area contributed by atoms with Crippen molar-refractivity contribution in [3.8, 4) is 0 Å². The fourth-order valence-corrected chi connectivity index (χ4v) is 0.226. The van der Waals surface area contributed by atoms with Crippen LogP contribution in [0.15, 0.2) is 12.2 Å². The topological polar surface area (TPSA) is 0 Å². The Morgan fingerprint density at radius 3 is 1.78 bits per heavy atom. The third-order valence-electron chi connectivity index (χ3n) is 0.844. The van der Waals surface area contributed by atoms with E-state index in [-0.39, 0.29) is 0 Å². The first kappa shape index (κ1) is 8.46. The molecule has 0 spiro atoms. The molecule has 9 heavy (non-hydrogen) atoms. The van der Waals surface area contributed by atoms with Crippen LogP contribution >= 0.6 is 0 Å². The van der Waals surface area contributed by atoms with Gasteiger partial charge in [0.2, 0.25) is 0 Å². The predicted octanol–water partition coefficient (Wildman–Crippen LogP) is 2.46. The Morgan fingerprint density at radius 2 is 1.78 bits per heavy atom. The second kappa shape index (κ2) is 2.37. The number of rotatable bonds is 1. The summed E-state index contributed by atoms with van der Waals surface area (Å²) >= 11 is 0. The van der Waals surface area contributed by atoms with E-state index in [1.54, 1.807) is 0 Å². The third-order valence-corrected chi connectivity index (χ3v) is 0.844. The van der Waals surface area contributed by atoms with Crippen LogP contribution in [0.3, 0.4) is 0 Å². The Bertz CT molecular complexity index is 111. The molecule has 0 N–H and O–H groups in total. The van der Waals surface area contributed by atoms with Gasteiger partial charge in [-0.1, -0.05) is 6.58 Å². The summed E-state index contributed by atoms with van der Waals surface area (Å²) in [6.45, 7) is 3.33. The number of halogens is 4. The molecule has 0 fully saturated rings. The summed E-state index contributed by atoms with van der Waals surface area (Å²) in [5.41, 5.74) is -1.33.